The van der Waals surface area contributed by atoms with Gasteiger partial charge in [0.25, 0.3) is 0 Å². The average Bonchev–Trinajstić information content (AvgIpc) is 2.84. The maximum atomic E-state index is 11.6. The molecule has 3 N–H and O–H groups in total. The fourth-order valence-corrected chi connectivity index (χ4v) is 5.44. The summed E-state index contributed by atoms with van der Waals surface area (Å²) in [6.07, 6.45) is 2.52. The fraction of sp³-hybridized carbons (Fsp3) is 0.667. The van der Waals surface area contributed by atoms with Crippen LogP contribution >= 0.6 is 0 Å². The summed E-state index contributed by atoms with van der Waals surface area (Å²) >= 11 is 0. The van der Waals surface area contributed by atoms with Crippen LogP contribution in [0.4, 0.5) is 0 Å². The molecule has 1 fully saturated rings. The maximum absolute atomic E-state index is 11.6. The predicted octanol–water partition coefficient (Wildman–Crippen LogP) is 2.27. The molecule has 120 valence electrons. The summed E-state index contributed by atoms with van der Waals surface area (Å²) in [4.78, 5) is 0. The molecule has 2 aliphatic carbocycles. The van der Waals surface area contributed by atoms with Crippen molar-refractivity contribution in [2.75, 3.05) is 0 Å². The monoisotopic (exact) mass is 304 g/mol. The molecule has 5 atom stereocenters. The van der Waals surface area contributed by atoms with Crippen molar-refractivity contribution in [3.63, 3.8) is 0 Å². The molecule has 0 unspecified atom stereocenters. The molecule has 4 nitrogen and oxygen atoms in total. The summed E-state index contributed by atoms with van der Waals surface area (Å²) in [7, 11) is 0. The minimum absolute atomic E-state index is 0.112. The zero-order valence-electron chi connectivity index (χ0n) is 13.2. The number of rotatable bonds is 2. The molecule has 0 saturated heterocycles. The zero-order valence-corrected chi connectivity index (χ0v) is 13.2. The Labute approximate surface area is 130 Å². The Morgan fingerprint density at radius 3 is 2.86 bits per heavy atom. The van der Waals surface area contributed by atoms with Gasteiger partial charge in [0.1, 0.15) is 6.10 Å². The summed E-state index contributed by atoms with van der Waals surface area (Å²) in [5.74, 6) is 0.718. The Kier molecular flexibility index (Phi) is 2.86. The number of phenolic OH excluding ortho intramolecular Hbond substituents is 1. The van der Waals surface area contributed by atoms with Crippen molar-refractivity contribution in [3.05, 3.63) is 23.3 Å². The van der Waals surface area contributed by atoms with Crippen LogP contribution in [0.15, 0.2) is 12.1 Å². The number of ether oxygens (including phenoxy) is 1. The number of phenols is 1. The Morgan fingerprint density at radius 2 is 2.14 bits per heavy atom. The second-order valence-electron chi connectivity index (χ2n) is 7.34. The molecule has 0 amide bonds. The second kappa shape index (κ2) is 4.39. The lowest BCUT2D eigenvalue weighted by atomic mass is 9.49. The first-order valence-corrected chi connectivity index (χ1v) is 8.38. The number of hydrogen-bond acceptors (Lipinski definition) is 4. The van der Waals surface area contributed by atoms with E-state index in [1.165, 1.54) is 0 Å². The summed E-state index contributed by atoms with van der Waals surface area (Å²) in [6, 6.07) is 3.63. The second-order valence-corrected chi connectivity index (χ2v) is 7.34. The van der Waals surface area contributed by atoms with Crippen LogP contribution in [-0.4, -0.2) is 33.1 Å². The summed E-state index contributed by atoms with van der Waals surface area (Å²) in [6.45, 7) is 4.19. The largest absolute Gasteiger partial charge is 0.504 e. The molecule has 22 heavy (non-hydrogen) atoms. The van der Waals surface area contributed by atoms with Crippen molar-refractivity contribution in [3.8, 4) is 11.5 Å². The Balaban J connectivity index is 2.05. The van der Waals surface area contributed by atoms with E-state index in [0.717, 1.165) is 30.4 Å². The lowest BCUT2D eigenvalue weighted by Crippen LogP contribution is -2.68. The molecule has 0 aromatic heterocycles. The summed E-state index contributed by atoms with van der Waals surface area (Å²) in [5, 5.41) is 32.4. The Hall–Kier alpha value is -1.26. The van der Waals surface area contributed by atoms with Gasteiger partial charge in [-0.05, 0) is 43.2 Å². The number of benzene rings is 1. The van der Waals surface area contributed by atoms with E-state index in [4.69, 9.17) is 4.74 Å². The Bertz CT molecular complexity index is 628. The first-order chi connectivity index (χ1) is 10.5. The van der Waals surface area contributed by atoms with Crippen molar-refractivity contribution in [1.29, 1.82) is 0 Å². The summed E-state index contributed by atoms with van der Waals surface area (Å²) in [5.41, 5.74) is 0.633. The molecule has 4 heteroatoms. The normalized spacial score (nSPS) is 41.9. The van der Waals surface area contributed by atoms with Gasteiger partial charge in [-0.3, -0.25) is 0 Å². The van der Waals surface area contributed by atoms with Gasteiger partial charge in [-0.15, -0.1) is 0 Å². The third kappa shape index (κ3) is 1.41. The molecule has 1 heterocycles. The first-order valence-electron chi connectivity index (χ1n) is 8.38. The van der Waals surface area contributed by atoms with Crippen molar-refractivity contribution in [2.24, 2.45) is 5.92 Å². The van der Waals surface area contributed by atoms with Crippen LogP contribution in [0.25, 0.3) is 0 Å². The van der Waals surface area contributed by atoms with E-state index in [1.54, 1.807) is 6.07 Å². The molecule has 1 saturated carbocycles. The number of aromatic hydroxyl groups is 1. The first kappa shape index (κ1) is 14.3. The molecule has 0 radical (unpaired) electrons. The van der Waals surface area contributed by atoms with E-state index in [9.17, 15) is 15.3 Å². The zero-order chi connectivity index (χ0) is 15.7. The van der Waals surface area contributed by atoms with Crippen molar-refractivity contribution in [2.45, 2.75) is 69.2 Å². The SMILES string of the molecule is CCC[C@]12c3c4ccc(O)c3O[C@H]1[C@H](O)CC[C@@]2(O)[C@H](C)C4. The van der Waals surface area contributed by atoms with Crippen LogP contribution in [0.5, 0.6) is 11.5 Å². The highest BCUT2D eigenvalue weighted by molar-refractivity contribution is 5.61. The van der Waals surface area contributed by atoms with E-state index < -0.39 is 23.2 Å². The van der Waals surface area contributed by atoms with Gasteiger partial charge in [0, 0.05) is 5.56 Å². The molecule has 1 aliphatic heterocycles. The minimum atomic E-state index is -0.876. The third-order valence-electron chi connectivity index (χ3n) is 6.33. The van der Waals surface area contributed by atoms with Crippen LogP contribution in [-0.2, 0) is 11.8 Å². The molecule has 3 aliphatic rings. The number of hydrogen-bond donors (Lipinski definition) is 3. The van der Waals surface area contributed by atoms with E-state index in [1.807, 2.05) is 6.07 Å². The molecule has 4 rings (SSSR count). The van der Waals surface area contributed by atoms with Crippen molar-refractivity contribution < 1.29 is 20.1 Å². The van der Waals surface area contributed by atoms with Crippen molar-refractivity contribution >= 4 is 0 Å². The fourth-order valence-electron chi connectivity index (χ4n) is 5.44. The topological polar surface area (TPSA) is 69.9 Å². The van der Waals surface area contributed by atoms with Crippen LogP contribution in [0, 0.1) is 5.92 Å². The van der Waals surface area contributed by atoms with Gasteiger partial charge >= 0.3 is 0 Å². The standard InChI is InChI=1S/C18H24O4/c1-3-7-17-14-11-4-5-12(19)15(14)22-16(17)13(20)6-8-18(17,21)10(2)9-11/h4-5,10,13,16,19-21H,3,6-9H2,1-2H3/t10-,13-,16+,17+,18-/m1/s1. The lowest BCUT2D eigenvalue weighted by molar-refractivity contribution is -0.177. The van der Waals surface area contributed by atoms with Gasteiger partial charge < -0.3 is 20.1 Å². The molecule has 0 bridgehead atoms. The quantitative estimate of drug-likeness (QED) is 0.784. The highest BCUT2D eigenvalue weighted by atomic mass is 16.5. The maximum Gasteiger partial charge on any atom is 0.165 e. The van der Waals surface area contributed by atoms with Gasteiger partial charge in [-0.2, -0.15) is 0 Å². The van der Waals surface area contributed by atoms with Crippen LogP contribution in [0.1, 0.15) is 50.7 Å². The van der Waals surface area contributed by atoms with Crippen LogP contribution in [0.3, 0.4) is 0 Å². The molecule has 0 spiro atoms. The van der Waals surface area contributed by atoms with Crippen LogP contribution in [0.2, 0.25) is 0 Å². The van der Waals surface area contributed by atoms with Gasteiger partial charge in [0.05, 0.1) is 17.1 Å². The number of aliphatic hydroxyl groups is 2. The van der Waals surface area contributed by atoms with Crippen molar-refractivity contribution in [1.82, 2.24) is 0 Å². The van der Waals surface area contributed by atoms with Gasteiger partial charge in [0.15, 0.2) is 11.5 Å². The Morgan fingerprint density at radius 1 is 1.36 bits per heavy atom. The minimum Gasteiger partial charge on any atom is -0.504 e. The van der Waals surface area contributed by atoms with Gasteiger partial charge in [-0.25, -0.2) is 0 Å². The average molecular weight is 304 g/mol. The van der Waals surface area contributed by atoms with E-state index in [0.29, 0.717) is 18.6 Å². The number of aliphatic hydroxyl groups excluding tert-OH is 1. The predicted molar refractivity (Wildman–Crippen MR) is 82.2 cm³/mol. The lowest BCUT2D eigenvalue weighted by Gasteiger charge is -2.57. The molecule has 1 aromatic rings. The third-order valence-corrected chi connectivity index (χ3v) is 6.33. The molecular formula is C18H24O4. The van der Waals surface area contributed by atoms with Gasteiger partial charge in [-0.1, -0.05) is 26.3 Å². The molecular weight excluding hydrogens is 280 g/mol. The van der Waals surface area contributed by atoms with Gasteiger partial charge in [0.2, 0.25) is 0 Å². The highest BCUT2D eigenvalue weighted by Crippen LogP contribution is 2.64. The molecule has 1 aromatic carbocycles. The van der Waals surface area contributed by atoms with E-state index in [2.05, 4.69) is 13.8 Å². The summed E-state index contributed by atoms with van der Waals surface area (Å²) < 4.78 is 6.05. The van der Waals surface area contributed by atoms with E-state index in [-0.39, 0.29) is 11.7 Å². The van der Waals surface area contributed by atoms with E-state index >= 15 is 0 Å². The highest BCUT2D eigenvalue weighted by Gasteiger charge is 2.69. The van der Waals surface area contributed by atoms with Crippen LogP contribution < -0.4 is 4.74 Å². The smallest absolute Gasteiger partial charge is 0.165 e.